The van der Waals surface area contributed by atoms with E-state index < -0.39 is 0 Å². The lowest BCUT2D eigenvalue weighted by molar-refractivity contribution is -0.119. The van der Waals surface area contributed by atoms with Crippen LogP contribution < -0.4 is 10.9 Å². The summed E-state index contributed by atoms with van der Waals surface area (Å²) in [6.45, 7) is 12.6. The van der Waals surface area contributed by atoms with Crippen LogP contribution in [0.3, 0.4) is 0 Å². The number of thioether (sulfide) groups is 1. The Morgan fingerprint density at radius 3 is 2.68 bits per heavy atom. The molecule has 1 amide bonds. The number of carbonyl (C=O) groups excluding carboxylic acids is 1. The van der Waals surface area contributed by atoms with E-state index in [2.05, 4.69) is 29.1 Å². The van der Waals surface area contributed by atoms with Gasteiger partial charge < -0.3 is 10.3 Å². The van der Waals surface area contributed by atoms with Crippen LogP contribution >= 0.6 is 11.8 Å². The van der Waals surface area contributed by atoms with Gasteiger partial charge in [-0.25, -0.2) is 4.98 Å². The van der Waals surface area contributed by atoms with Crippen molar-refractivity contribution >= 4 is 28.7 Å². The van der Waals surface area contributed by atoms with Gasteiger partial charge in [0.2, 0.25) is 5.91 Å². The topological polar surface area (TPSA) is 79.8 Å². The van der Waals surface area contributed by atoms with Crippen molar-refractivity contribution < 1.29 is 4.79 Å². The molecular formula is C18H28N4O2S. The van der Waals surface area contributed by atoms with Gasteiger partial charge in [0.15, 0.2) is 5.16 Å². The molecule has 138 valence electrons. The van der Waals surface area contributed by atoms with Crippen LogP contribution in [0.2, 0.25) is 0 Å². The number of rotatable bonds is 6. The maximum absolute atomic E-state index is 12.8. The minimum Gasteiger partial charge on any atom is -0.353 e. The average molecular weight is 365 g/mol. The Balaban J connectivity index is 2.30. The van der Waals surface area contributed by atoms with Crippen molar-refractivity contribution in [3.63, 3.8) is 0 Å². The molecule has 0 saturated heterocycles. The molecule has 2 aromatic rings. The van der Waals surface area contributed by atoms with E-state index in [9.17, 15) is 9.59 Å². The van der Waals surface area contributed by atoms with E-state index in [1.807, 2.05) is 33.8 Å². The Hall–Kier alpha value is -1.76. The SMILES string of the molecule is Cc1cc2nc(SCC(=O)NC(C)(C)C)n(CCC(C)C)c(=O)c2[nH]1. The summed E-state index contributed by atoms with van der Waals surface area (Å²) < 4.78 is 1.69. The molecule has 2 aromatic heterocycles. The van der Waals surface area contributed by atoms with Crippen molar-refractivity contribution in [3.8, 4) is 0 Å². The number of H-pyrrole nitrogens is 1. The van der Waals surface area contributed by atoms with E-state index in [0.29, 0.717) is 28.7 Å². The molecule has 0 atom stereocenters. The summed E-state index contributed by atoms with van der Waals surface area (Å²) in [5, 5.41) is 3.53. The third-order valence-corrected chi connectivity index (χ3v) is 4.59. The van der Waals surface area contributed by atoms with Crippen LogP contribution in [0.25, 0.3) is 11.0 Å². The highest BCUT2D eigenvalue weighted by Gasteiger charge is 2.17. The molecule has 0 aromatic carbocycles. The fourth-order valence-electron chi connectivity index (χ4n) is 2.49. The van der Waals surface area contributed by atoms with Crippen molar-refractivity contribution in [3.05, 3.63) is 22.1 Å². The van der Waals surface area contributed by atoms with Crippen LogP contribution in [0, 0.1) is 12.8 Å². The predicted molar refractivity (Wildman–Crippen MR) is 103 cm³/mol. The van der Waals surface area contributed by atoms with Gasteiger partial charge in [-0.1, -0.05) is 25.6 Å². The lowest BCUT2D eigenvalue weighted by Gasteiger charge is -2.20. The number of hydrogen-bond donors (Lipinski definition) is 2. The highest BCUT2D eigenvalue weighted by Crippen LogP contribution is 2.19. The quantitative estimate of drug-likeness (QED) is 0.610. The van der Waals surface area contributed by atoms with Crippen LogP contribution in [-0.4, -0.2) is 31.7 Å². The summed E-state index contributed by atoms with van der Waals surface area (Å²) in [5.41, 5.74) is 1.75. The molecule has 2 N–H and O–H groups in total. The van der Waals surface area contributed by atoms with Crippen molar-refractivity contribution in [2.45, 2.75) is 65.2 Å². The Kier molecular flexibility index (Phi) is 5.98. The average Bonchev–Trinajstić information content (AvgIpc) is 2.83. The van der Waals surface area contributed by atoms with E-state index >= 15 is 0 Å². The maximum Gasteiger partial charge on any atom is 0.278 e. The number of amides is 1. The minimum atomic E-state index is -0.274. The molecule has 2 heterocycles. The molecule has 25 heavy (non-hydrogen) atoms. The van der Waals surface area contributed by atoms with Crippen molar-refractivity contribution in [2.75, 3.05) is 5.75 Å². The van der Waals surface area contributed by atoms with Crippen molar-refractivity contribution in [1.82, 2.24) is 19.9 Å². The standard InChI is InChI=1S/C18H28N4O2S/c1-11(2)7-8-22-16(24)15-13(9-12(3)19-15)20-17(22)25-10-14(23)21-18(4,5)6/h9,11,19H,7-8,10H2,1-6H3,(H,21,23). The van der Waals surface area contributed by atoms with Gasteiger partial charge in [0.25, 0.3) is 5.56 Å². The predicted octanol–water partition coefficient (Wildman–Crippen LogP) is 3.09. The first-order valence-corrected chi connectivity index (χ1v) is 9.59. The second kappa shape index (κ2) is 7.64. The van der Waals surface area contributed by atoms with Crippen LogP contribution in [-0.2, 0) is 11.3 Å². The van der Waals surface area contributed by atoms with E-state index in [-0.39, 0.29) is 22.8 Å². The summed E-state index contributed by atoms with van der Waals surface area (Å²) >= 11 is 1.31. The molecule has 0 aliphatic carbocycles. The number of fused-ring (bicyclic) bond motifs is 1. The third-order valence-electron chi connectivity index (χ3n) is 3.61. The van der Waals surface area contributed by atoms with Gasteiger partial charge in [0.05, 0.1) is 11.3 Å². The number of aromatic amines is 1. The van der Waals surface area contributed by atoms with Gasteiger partial charge in [-0.3, -0.25) is 14.2 Å². The second-order valence-corrected chi connectivity index (χ2v) is 8.78. The highest BCUT2D eigenvalue weighted by molar-refractivity contribution is 7.99. The zero-order chi connectivity index (χ0) is 18.8. The first-order valence-electron chi connectivity index (χ1n) is 8.61. The molecule has 0 saturated carbocycles. The first-order chi connectivity index (χ1) is 11.6. The largest absolute Gasteiger partial charge is 0.353 e. The van der Waals surface area contributed by atoms with E-state index in [1.54, 1.807) is 4.57 Å². The summed E-state index contributed by atoms with van der Waals surface area (Å²) in [6, 6.07) is 1.86. The van der Waals surface area contributed by atoms with Gasteiger partial charge in [-0.15, -0.1) is 0 Å². The number of aryl methyl sites for hydroxylation is 1. The molecule has 2 rings (SSSR count). The summed E-state index contributed by atoms with van der Waals surface area (Å²) in [6.07, 6.45) is 0.883. The van der Waals surface area contributed by atoms with Gasteiger partial charge in [0, 0.05) is 17.8 Å². The Morgan fingerprint density at radius 1 is 1.40 bits per heavy atom. The normalized spacial score (nSPS) is 12.1. The third kappa shape index (κ3) is 5.36. The van der Waals surface area contributed by atoms with E-state index in [0.717, 1.165) is 12.1 Å². The zero-order valence-electron chi connectivity index (χ0n) is 15.9. The Labute approximate surface area is 152 Å². The fraction of sp³-hybridized carbons (Fsp3) is 0.611. The van der Waals surface area contributed by atoms with E-state index in [1.165, 1.54) is 11.8 Å². The highest BCUT2D eigenvalue weighted by atomic mass is 32.2. The number of nitrogens with zero attached hydrogens (tertiary/aromatic N) is 2. The molecule has 0 aliphatic heterocycles. The lowest BCUT2D eigenvalue weighted by atomic mass is 10.1. The maximum atomic E-state index is 12.8. The molecule has 0 radical (unpaired) electrons. The molecule has 0 unspecified atom stereocenters. The Morgan fingerprint density at radius 2 is 2.08 bits per heavy atom. The second-order valence-electron chi connectivity index (χ2n) is 7.83. The van der Waals surface area contributed by atoms with Gasteiger partial charge in [0.1, 0.15) is 5.52 Å². The van der Waals surface area contributed by atoms with Gasteiger partial charge in [-0.2, -0.15) is 0 Å². The van der Waals surface area contributed by atoms with E-state index in [4.69, 9.17) is 0 Å². The van der Waals surface area contributed by atoms with Crippen LogP contribution in [0.1, 0.15) is 46.7 Å². The number of hydrogen-bond acceptors (Lipinski definition) is 4. The molecule has 7 heteroatoms. The molecule has 0 fully saturated rings. The van der Waals surface area contributed by atoms with Crippen molar-refractivity contribution in [1.29, 1.82) is 0 Å². The lowest BCUT2D eigenvalue weighted by Crippen LogP contribution is -2.41. The van der Waals surface area contributed by atoms with Crippen LogP contribution in [0.15, 0.2) is 16.0 Å². The number of aromatic nitrogens is 3. The monoisotopic (exact) mass is 364 g/mol. The number of carbonyl (C=O) groups is 1. The first kappa shape index (κ1) is 19.6. The summed E-state index contributed by atoms with van der Waals surface area (Å²) in [5.74, 6) is 0.655. The molecule has 6 nitrogen and oxygen atoms in total. The Bertz CT molecular complexity index is 815. The fourth-order valence-corrected chi connectivity index (χ4v) is 3.32. The minimum absolute atomic E-state index is 0.0625. The van der Waals surface area contributed by atoms with Gasteiger partial charge >= 0.3 is 0 Å². The molecular weight excluding hydrogens is 336 g/mol. The zero-order valence-corrected chi connectivity index (χ0v) is 16.7. The molecule has 0 spiro atoms. The van der Waals surface area contributed by atoms with Crippen LogP contribution in [0.5, 0.6) is 0 Å². The van der Waals surface area contributed by atoms with Gasteiger partial charge in [-0.05, 0) is 46.1 Å². The smallest absolute Gasteiger partial charge is 0.278 e. The summed E-state index contributed by atoms with van der Waals surface area (Å²) in [4.78, 5) is 32.6. The number of nitrogens with one attached hydrogen (secondary N) is 2. The molecule has 0 aliphatic rings. The van der Waals surface area contributed by atoms with Crippen molar-refractivity contribution in [2.24, 2.45) is 5.92 Å². The summed E-state index contributed by atoms with van der Waals surface area (Å²) in [7, 11) is 0. The molecule has 0 bridgehead atoms. The van der Waals surface area contributed by atoms with Crippen LogP contribution in [0.4, 0.5) is 0 Å².